The first kappa shape index (κ1) is 17.0. The molecule has 130 valence electrons. The van der Waals surface area contributed by atoms with Crippen LogP contribution in [0.3, 0.4) is 0 Å². The van der Waals surface area contributed by atoms with Crippen molar-refractivity contribution in [3.05, 3.63) is 63.7 Å². The highest BCUT2D eigenvalue weighted by atomic mass is 16.6. The molecule has 6 heteroatoms. The number of carbonyl (C=O) groups is 1. The van der Waals surface area contributed by atoms with E-state index in [1.165, 1.54) is 6.07 Å². The van der Waals surface area contributed by atoms with Gasteiger partial charge in [-0.1, -0.05) is 24.3 Å². The summed E-state index contributed by atoms with van der Waals surface area (Å²) in [7, 11) is 0. The second-order valence-corrected chi connectivity index (χ2v) is 5.91. The molecule has 3 rings (SSSR count). The molecule has 2 aromatic carbocycles. The molecule has 0 radical (unpaired) electrons. The van der Waals surface area contributed by atoms with Crippen molar-refractivity contribution in [2.45, 2.75) is 26.2 Å². The van der Waals surface area contributed by atoms with Crippen LogP contribution >= 0.6 is 0 Å². The average molecular weight is 340 g/mol. The second-order valence-electron chi connectivity index (χ2n) is 5.91. The van der Waals surface area contributed by atoms with E-state index < -0.39 is 4.92 Å². The molecule has 0 fully saturated rings. The minimum Gasteiger partial charge on any atom is -0.494 e. The molecule has 0 unspecified atom stereocenters. The Hall–Kier alpha value is -2.89. The number of hydrogen-bond acceptors (Lipinski definition) is 4. The second kappa shape index (κ2) is 7.34. The van der Waals surface area contributed by atoms with Gasteiger partial charge in [0.2, 0.25) is 5.91 Å². The summed E-state index contributed by atoms with van der Waals surface area (Å²) in [5.41, 5.74) is 2.37. The molecule has 0 bridgehead atoms. The lowest BCUT2D eigenvalue weighted by atomic mass is 10.1. The lowest BCUT2D eigenvalue weighted by Gasteiger charge is -2.17. The van der Waals surface area contributed by atoms with Crippen LogP contribution in [0.2, 0.25) is 0 Å². The van der Waals surface area contributed by atoms with Crippen LogP contribution in [-0.2, 0) is 17.6 Å². The van der Waals surface area contributed by atoms with Crippen molar-refractivity contribution in [1.82, 2.24) is 0 Å². The third-order valence-corrected chi connectivity index (χ3v) is 4.33. The van der Waals surface area contributed by atoms with Crippen molar-refractivity contribution in [2.75, 3.05) is 18.1 Å². The fourth-order valence-electron chi connectivity index (χ4n) is 3.14. The molecular formula is C19H20N2O4. The SMILES string of the molecule is CCOc1ccc(CCC(=O)N2CCc3cccc([N+](=O)[O-])c32)cc1. The first-order chi connectivity index (χ1) is 12.1. The highest BCUT2D eigenvalue weighted by Gasteiger charge is 2.31. The molecule has 0 aromatic heterocycles. The predicted molar refractivity (Wildman–Crippen MR) is 95.1 cm³/mol. The maximum Gasteiger partial charge on any atom is 0.293 e. The van der Waals surface area contributed by atoms with Crippen molar-refractivity contribution in [2.24, 2.45) is 0 Å². The van der Waals surface area contributed by atoms with Gasteiger partial charge < -0.3 is 9.64 Å². The van der Waals surface area contributed by atoms with Crippen LogP contribution < -0.4 is 9.64 Å². The van der Waals surface area contributed by atoms with E-state index in [9.17, 15) is 14.9 Å². The molecule has 0 saturated heterocycles. The van der Waals surface area contributed by atoms with Gasteiger partial charge in [0.05, 0.1) is 11.5 Å². The van der Waals surface area contributed by atoms with Crippen LogP contribution in [0, 0.1) is 10.1 Å². The Bertz CT molecular complexity index is 787. The molecule has 25 heavy (non-hydrogen) atoms. The summed E-state index contributed by atoms with van der Waals surface area (Å²) in [5.74, 6) is 0.726. The third-order valence-electron chi connectivity index (χ3n) is 4.33. The molecule has 0 aliphatic carbocycles. The number of rotatable bonds is 6. The van der Waals surface area contributed by atoms with Crippen LogP contribution in [0.25, 0.3) is 0 Å². The summed E-state index contributed by atoms with van der Waals surface area (Å²) >= 11 is 0. The van der Waals surface area contributed by atoms with Crippen molar-refractivity contribution in [1.29, 1.82) is 0 Å². The molecule has 1 heterocycles. The maximum atomic E-state index is 12.6. The first-order valence-electron chi connectivity index (χ1n) is 8.38. The van der Waals surface area contributed by atoms with Crippen LogP contribution in [0.1, 0.15) is 24.5 Å². The van der Waals surface area contributed by atoms with E-state index in [0.717, 1.165) is 16.9 Å². The predicted octanol–water partition coefficient (Wildman–Crippen LogP) is 3.52. The summed E-state index contributed by atoms with van der Waals surface area (Å²) in [4.78, 5) is 25.0. The van der Waals surface area contributed by atoms with Gasteiger partial charge in [0.25, 0.3) is 5.69 Å². The summed E-state index contributed by atoms with van der Waals surface area (Å²) in [6, 6.07) is 12.6. The van der Waals surface area contributed by atoms with Crippen LogP contribution in [0.15, 0.2) is 42.5 Å². The molecule has 0 atom stereocenters. The Morgan fingerprint density at radius 3 is 2.68 bits per heavy atom. The molecule has 0 saturated carbocycles. The van der Waals surface area contributed by atoms with E-state index in [2.05, 4.69) is 0 Å². The van der Waals surface area contributed by atoms with E-state index in [-0.39, 0.29) is 11.6 Å². The minimum atomic E-state index is -0.420. The molecule has 2 aromatic rings. The van der Waals surface area contributed by atoms with Crippen molar-refractivity contribution >= 4 is 17.3 Å². The summed E-state index contributed by atoms with van der Waals surface area (Å²) in [6.45, 7) is 3.05. The van der Waals surface area contributed by atoms with Gasteiger partial charge in [-0.3, -0.25) is 14.9 Å². The van der Waals surface area contributed by atoms with Gasteiger partial charge in [0, 0.05) is 19.0 Å². The summed E-state index contributed by atoms with van der Waals surface area (Å²) in [6.07, 6.45) is 1.57. The number of ether oxygens (including phenoxy) is 1. The van der Waals surface area contributed by atoms with Crippen molar-refractivity contribution in [3.8, 4) is 5.75 Å². The number of benzene rings is 2. The Kier molecular flexibility index (Phi) is 4.97. The molecule has 1 amide bonds. The number of para-hydroxylation sites is 1. The number of fused-ring (bicyclic) bond motifs is 1. The van der Waals surface area contributed by atoms with Gasteiger partial charge in [-0.15, -0.1) is 0 Å². The Morgan fingerprint density at radius 1 is 1.24 bits per heavy atom. The lowest BCUT2D eigenvalue weighted by molar-refractivity contribution is -0.384. The van der Waals surface area contributed by atoms with Crippen molar-refractivity contribution < 1.29 is 14.5 Å². The van der Waals surface area contributed by atoms with Gasteiger partial charge >= 0.3 is 0 Å². The highest BCUT2D eigenvalue weighted by Crippen LogP contribution is 2.37. The number of anilines is 1. The lowest BCUT2D eigenvalue weighted by Crippen LogP contribution is -2.29. The Morgan fingerprint density at radius 2 is 2.00 bits per heavy atom. The van der Waals surface area contributed by atoms with E-state index in [4.69, 9.17) is 4.74 Å². The third kappa shape index (κ3) is 3.63. The van der Waals surface area contributed by atoms with E-state index in [1.54, 1.807) is 11.0 Å². The Balaban J connectivity index is 1.69. The average Bonchev–Trinajstić information content (AvgIpc) is 3.05. The van der Waals surface area contributed by atoms with E-state index in [0.29, 0.717) is 38.1 Å². The van der Waals surface area contributed by atoms with Crippen LogP contribution in [0.4, 0.5) is 11.4 Å². The standard InChI is InChI=1S/C19H20N2O4/c1-2-25-16-9-6-14(7-10-16)8-11-18(22)20-13-12-15-4-3-5-17(19(15)20)21(23)24/h3-7,9-10H,2,8,11-13H2,1H3. The fourth-order valence-corrected chi connectivity index (χ4v) is 3.14. The van der Waals surface area contributed by atoms with Crippen LogP contribution in [-0.4, -0.2) is 24.0 Å². The number of amides is 1. The number of nitro groups is 1. The number of nitro benzene ring substituents is 1. The first-order valence-corrected chi connectivity index (χ1v) is 8.38. The summed E-state index contributed by atoms with van der Waals surface area (Å²) < 4.78 is 5.40. The quantitative estimate of drug-likeness (QED) is 0.596. The monoisotopic (exact) mass is 340 g/mol. The number of aryl methyl sites for hydroxylation is 1. The molecule has 0 N–H and O–H groups in total. The van der Waals surface area contributed by atoms with Crippen molar-refractivity contribution in [3.63, 3.8) is 0 Å². The summed E-state index contributed by atoms with van der Waals surface area (Å²) in [5, 5.41) is 11.2. The zero-order valence-electron chi connectivity index (χ0n) is 14.1. The number of carbonyl (C=O) groups excluding carboxylic acids is 1. The topological polar surface area (TPSA) is 72.7 Å². The van der Waals surface area contributed by atoms with Gasteiger partial charge in [0.1, 0.15) is 11.4 Å². The maximum absolute atomic E-state index is 12.6. The molecule has 6 nitrogen and oxygen atoms in total. The number of nitrogens with zero attached hydrogens (tertiary/aromatic N) is 2. The fraction of sp³-hybridized carbons (Fsp3) is 0.316. The smallest absolute Gasteiger partial charge is 0.293 e. The molecule has 0 spiro atoms. The largest absolute Gasteiger partial charge is 0.494 e. The van der Waals surface area contributed by atoms with Gasteiger partial charge in [-0.2, -0.15) is 0 Å². The molecular weight excluding hydrogens is 320 g/mol. The minimum absolute atomic E-state index is 0.00409. The molecule has 1 aliphatic rings. The van der Waals surface area contributed by atoms with Gasteiger partial charge in [0.15, 0.2) is 0 Å². The molecule has 1 aliphatic heterocycles. The highest BCUT2D eigenvalue weighted by molar-refractivity contribution is 5.98. The van der Waals surface area contributed by atoms with E-state index in [1.807, 2.05) is 37.3 Å². The van der Waals surface area contributed by atoms with E-state index >= 15 is 0 Å². The zero-order valence-corrected chi connectivity index (χ0v) is 14.1. The van der Waals surface area contributed by atoms with Gasteiger partial charge in [-0.25, -0.2) is 0 Å². The number of hydrogen-bond donors (Lipinski definition) is 0. The zero-order chi connectivity index (χ0) is 17.8. The Labute approximate surface area is 146 Å². The normalized spacial score (nSPS) is 12.8. The van der Waals surface area contributed by atoms with Gasteiger partial charge in [-0.05, 0) is 43.0 Å². The van der Waals surface area contributed by atoms with Crippen LogP contribution in [0.5, 0.6) is 5.75 Å².